The molecule has 4 nitrogen and oxygen atoms in total. The molecular formula is C14H18BrN3O. The molecule has 2 rings (SSSR count). The van der Waals surface area contributed by atoms with Gasteiger partial charge in [0.15, 0.2) is 0 Å². The zero-order chi connectivity index (χ0) is 13.8. The van der Waals surface area contributed by atoms with Crippen LogP contribution in [-0.2, 0) is 20.1 Å². The number of aromatic nitrogens is 2. The van der Waals surface area contributed by atoms with Crippen LogP contribution in [-0.4, -0.2) is 16.9 Å². The molecule has 0 radical (unpaired) electrons. The van der Waals surface area contributed by atoms with Crippen molar-refractivity contribution in [1.82, 2.24) is 15.1 Å². The van der Waals surface area contributed by atoms with Gasteiger partial charge in [0, 0.05) is 25.7 Å². The van der Waals surface area contributed by atoms with Gasteiger partial charge in [-0.3, -0.25) is 4.68 Å². The van der Waals surface area contributed by atoms with Gasteiger partial charge in [-0.25, -0.2) is 0 Å². The predicted octanol–water partition coefficient (Wildman–Crippen LogP) is 2.79. The molecule has 0 aliphatic rings. The molecule has 0 unspecified atom stereocenters. The minimum Gasteiger partial charge on any atom is -0.496 e. The number of nitrogens with one attached hydrogen (secondary N) is 1. The molecule has 0 spiro atoms. The largest absolute Gasteiger partial charge is 0.496 e. The van der Waals surface area contributed by atoms with Gasteiger partial charge in [-0.1, -0.05) is 18.2 Å². The van der Waals surface area contributed by atoms with E-state index in [4.69, 9.17) is 4.74 Å². The van der Waals surface area contributed by atoms with Crippen molar-refractivity contribution in [3.8, 4) is 5.75 Å². The van der Waals surface area contributed by atoms with Gasteiger partial charge in [0.1, 0.15) is 5.75 Å². The molecule has 5 heteroatoms. The first kappa shape index (κ1) is 14.1. The van der Waals surface area contributed by atoms with E-state index in [1.54, 1.807) is 7.11 Å². The lowest BCUT2D eigenvalue weighted by molar-refractivity contribution is 0.407. The molecule has 1 aromatic heterocycles. The lowest BCUT2D eigenvalue weighted by Gasteiger charge is -2.09. The van der Waals surface area contributed by atoms with Crippen molar-refractivity contribution >= 4 is 15.9 Å². The van der Waals surface area contributed by atoms with Gasteiger partial charge in [-0.15, -0.1) is 0 Å². The first-order valence-electron chi connectivity index (χ1n) is 6.14. The minimum atomic E-state index is 0.760. The molecule has 0 atom stereocenters. The molecule has 0 aliphatic carbocycles. The van der Waals surface area contributed by atoms with Crippen molar-refractivity contribution in [3.63, 3.8) is 0 Å². The monoisotopic (exact) mass is 323 g/mol. The summed E-state index contributed by atoms with van der Waals surface area (Å²) in [5, 5.41) is 7.79. The summed E-state index contributed by atoms with van der Waals surface area (Å²) in [6, 6.07) is 8.03. The highest BCUT2D eigenvalue weighted by atomic mass is 79.9. The summed E-state index contributed by atoms with van der Waals surface area (Å²) in [5.41, 5.74) is 3.31. The summed E-state index contributed by atoms with van der Waals surface area (Å²) in [6.07, 6.45) is 0. The Balaban J connectivity index is 2.00. The molecular weight excluding hydrogens is 306 g/mol. The molecule has 0 saturated carbocycles. The Hall–Kier alpha value is -1.33. The number of aryl methyl sites for hydroxylation is 2. The third kappa shape index (κ3) is 3.16. The maximum atomic E-state index is 5.33. The number of methoxy groups -OCH3 is 1. The van der Waals surface area contributed by atoms with E-state index in [-0.39, 0.29) is 0 Å². The van der Waals surface area contributed by atoms with Crippen molar-refractivity contribution in [2.24, 2.45) is 7.05 Å². The summed E-state index contributed by atoms with van der Waals surface area (Å²) in [4.78, 5) is 0. The topological polar surface area (TPSA) is 39.1 Å². The Morgan fingerprint density at radius 2 is 2.05 bits per heavy atom. The van der Waals surface area contributed by atoms with Gasteiger partial charge >= 0.3 is 0 Å². The summed E-state index contributed by atoms with van der Waals surface area (Å²) in [5.74, 6) is 0.912. The van der Waals surface area contributed by atoms with Crippen LogP contribution in [0.4, 0.5) is 0 Å². The van der Waals surface area contributed by atoms with Crippen molar-refractivity contribution < 1.29 is 4.74 Å². The number of hydrogen-bond donors (Lipinski definition) is 1. The second-order valence-corrected chi connectivity index (χ2v) is 5.18. The van der Waals surface area contributed by atoms with Gasteiger partial charge in [-0.2, -0.15) is 5.10 Å². The van der Waals surface area contributed by atoms with Crippen LogP contribution in [0.3, 0.4) is 0 Å². The Bertz CT molecular complexity index is 566. The van der Waals surface area contributed by atoms with Crippen LogP contribution in [0, 0.1) is 6.92 Å². The summed E-state index contributed by atoms with van der Waals surface area (Å²) < 4.78 is 8.30. The summed E-state index contributed by atoms with van der Waals surface area (Å²) in [6.45, 7) is 3.52. The van der Waals surface area contributed by atoms with Crippen LogP contribution in [0.25, 0.3) is 0 Å². The number of ether oxygens (including phenoxy) is 1. The van der Waals surface area contributed by atoms with Crippen molar-refractivity contribution in [2.75, 3.05) is 7.11 Å². The Kier molecular flexibility index (Phi) is 4.61. The van der Waals surface area contributed by atoms with Crippen LogP contribution in [0.1, 0.15) is 17.0 Å². The molecule has 1 heterocycles. The van der Waals surface area contributed by atoms with Gasteiger partial charge in [0.2, 0.25) is 0 Å². The normalized spacial score (nSPS) is 10.7. The molecule has 0 bridgehead atoms. The zero-order valence-electron chi connectivity index (χ0n) is 11.4. The number of halogens is 1. The molecule has 1 N–H and O–H groups in total. The van der Waals surface area contributed by atoms with Crippen LogP contribution < -0.4 is 10.1 Å². The first-order chi connectivity index (χ1) is 9.13. The lowest BCUT2D eigenvalue weighted by atomic mass is 10.2. The van der Waals surface area contributed by atoms with E-state index in [1.165, 1.54) is 0 Å². The van der Waals surface area contributed by atoms with Gasteiger partial charge in [-0.05, 0) is 28.9 Å². The standard InChI is InChI=1S/C14H18BrN3O/c1-10-14(15)12(18(2)17-10)9-16-8-11-6-4-5-7-13(11)19-3/h4-7,16H,8-9H2,1-3H3. The number of nitrogens with zero attached hydrogens (tertiary/aromatic N) is 2. The Morgan fingerprint density at radius 3 is 2.68 bits per heavy atom. The van der Waals surface area contributed by atoms with Crippen LogP contribution in [0.15, 0.2) is 28.7 Å². The Labute approximate surface area is 121 Å². The highest BCUT2D eigenvalue weighted by molar-refractivity contribution is 9.10. The smallest absolute Gasteiger partial charge is 0.123 e. The van der Waals surface area contributed by atoms with E-state index in [0.717, 1.165) is 40.3 Å². The summed E-state index contributed by atoms with van der Waals surface area (Å²) in [7, 11) is 3.65. The lowest BCUT2D eigenvalue weighted by Crippen LogP contribution is -2.16. The average Bonchev–Trinajstić information content (AvgIpc) is 2.65. The van der Waals surface area contributed by atoms with Gasteiger partial charge in [0.05, 0.1) is 23.0 Å². The molecule has 2 aromatic rings. The molecule has 0 fully saturated rings. The second-order valence-electron chi connectivity index (χ2n) is 4.39. The number of rotatable bonds is 5. The van der Waals surface area contributed by atoms with E-state index in [2.05, 4.69) is 32.4 Å². The molecule has 19 heavy (non-hydrogen) atoms. The fourth-order valence-electron chi connectivity index (χ4n) is 2.04. The molecule has 102 valence electrons. The van der Waals surface area contributed by atoms with Crippen molar-refractivity contribution in [1.29, 1.82) is 0 Å². The van der Waals surface area contributed by atoms with Crippen molar-refractivity contribution in [2.45, 2.75) is 20.0 Å². The van der Waals surface area contributed by atoms with Gasteiger partial charge in [0.25, 0.3) is 0 Å². The maximum absolute atomic E-state index is 5.33. The van der Waals surface area contributed by atoms with Crippen LogP contribution in [0.5, 0.6) is 5.75 Å². The highest BCUT2D eigenvalue weighted by Gasteiger charge is 2.10. The fraction of sp³-hybridized carbons (Fsp3) is 0.357. The average molecular weight is 324 g/mol. The zero-order valence-corrected chi connectivity index (χ0v) is 13.0. The van der Waals surface area contributed by atoms with Gasteiger partial charge < -0.3 is 10.1 Å². The number of benzene rings is 1. The van der Waals surface area contributed by atoms with Crippen LogP contribution in [0.2, 0.25) is 0 Å². The molecule has 0 saturated heterocycles. The van der Waals surface area contributed by atoms with E-state index in [1.807, 2.05) is 36.9 Å². The van der Waals surface area contributed by atoms with Crippen molar-refractivity contribution in [3.05, 3.63) is 45.7 Å². The molecule has 0 amide bonds. The SMILES string of the molecule is COc1ccccc1CNCc1c(Br)c(C)nn1C. The minimum absolute atomic E-state index is 0.760. The fourth-order valence-corrected chi connectivity index (χ4v) is 2.51. The molecule has 1 aromatic carbocycles. The van der Waals surface area contributed by atoms with E-state index < -0.39 is 0 Å². The van der Waals surface area contributed by atoms with E-state index >= 15 is 0 Å². The third-order valence-corrected chi connectivity index (χ3v) is 4.09. The number of hydrogen-bond acceptors (Lipinski definition) is 3. The predicted molar refractivity (Wildman–Crippen MR) is 79.2 cm³/mol. The Morgan fingerprint density at radius 1 is 1.32 bits per heavy atom. The quantitative estimate of drug-likeness (QED) is 0.919. The van der Waals surface area contributed by atoms with E-state index in [0.29, 0.717) is 0 Å². The second kappa shape index (κ2) is 6.21. The maximum Gasteiger partial charge on any atom is 0.123 e. The summed E-state index contributed by atoms with van der Waals surface area (Å²) >= 11 is 3.57. The highest BCUT2D eigenvalue weighted by Crippen LogP contribution is 2.21. The number of para-hydroxylation sites is 1. The first-order valence-corrected chi connectivity index (χ1v) is 6.93. The third-order valence-electron chi connectivity index (χ3n) is 3.06. The van der Waals surface area contributed by atoms with E-state index in [9.17, 15) is 0 Å². The molecule has 0 aliphatic heterocycles. The van der Waals surface area contributed by atoms with Crippen LogP contribution >= 0.6 is 15.9 Å².